The van der Waals surface area contributed by atoms with Crippen LogP contribution in [0.2, 0.25) is 0 Å². The summed E-state index contributed by atoms with van der Waals surface area (Å²) < 4.78 is 27.9. The minimum absolute atomic E-state index is 0.0441. The topological polar surface area (TPSA) is 69.4 Å². The van der Waals surface area contributed by atoms with Gasteiger partial charge in [0, 0.05) is 17.9 Å². The van der Waals surface area contributed by atoms with Crippen molar-refractivity contribution in [3.63, 3.8) is 0 Å². The smallest absolute Gasteiger partial charge is 0.153 e. The van der Waals surface area contributed by atoms with Crippen molar-refractivity contribution >= 4 is 9.84 Å². The second-order valence-corrected chi connectivity index (χ2v) is 5.87. The lowest BCUT2D eigenvalue weighted by Crippen LogP contribution is -2.16. The van der Waals surface area contributed by atoms with Gasteiger partial charge in [-0.3, -0.25) is 0 Å². The monoisotopic (exact) mass is 243 g/mol. The predicted octanol–water partition coefficient (Wildman–Crippen LogP) is 0.959. The second-order valence-electron chi connectivity index (χ2n) is 3.40. The van der Waals surface area contributed by atoms with Gasteiger partial charge < -0.3 is 10.5 Å². The van der Waals surface area contributed by atoms with Crippen LogP contribution in [0.3, 0.4) is 0 Å². The maximum atomic E-state index is 11.2. The van der Waals surface area contributed by atoms with E-state index in [-0.39, 0.29) is 18.1 Å². The molecule has 1 aromatic rings. The van der Waals surface area contributed by atoms with E-state index in [0.29, 0.717) is 12.3 Å². The molecule has 90 valence electrons. The summed E-state index contributed by atoms with van der Waals surface area (Å²) in [5.41, 5.74) is 6.42. The molecular formula is C11H17NO3S. The van der Waals surface area contributed by atoms with Gasteiger partial charge in [0.1, 0.15) is 12.4 Å². The van der Waals surface area contributed by atoms with E-state index < -0.39 is 9.84 Å². The Labute approximate surface area is 96.3 Å². The zero-order valence-corrected chi connectivity index (χ0v) is 10.2. The Morgan fingerprint density at radius 3 is 2.62 bits per heavy atom. The average Bonchev–Trinajstić information content (AvgIpc) is 2.29. The second kappa shape index (κ2) is 5.86. The van der Waals surface area contributed by atoms with Crippen LogP contribution in [-0.2, 0) is 16.4 Å². The molecule has 16 heavy (non-hydrogen) atoms. The van der Waals surface area contributed by atoms with Crippen LogP contribution in [-0.4, -0.2) is 26.5 Å². The summed E-state index contributed by atoms with van der Waals surface area (Å²) in [5, 5.41) is 0. The molecular weight excluding hydrogens is 226 g/mol. The van der Waals surface area contributed by atoms with E-state index in [1.54, 1.807) is 13.0 Å². The average molecular weight is 243 g/mol. The summed E-state index contributed by atoms with van der Waals surface area (Å²) in [5.74, 6) is 0.855. The molecule has 0 aromatic heterocycles. The van der Waals surface area contributed by atoms with Crippen LogP contribution >= 0.6 is 0 Å². The molecule has 0 spiro atoms. The third-order valence-electron chi connectivity index (χ3n) is 2.28. The fourth-order valence-electron chi connectivity index (χ4n) is 1.24. The van der Waals surface area contributed by atoms with E-state index in [0.717, 1.165) is 5.56 Å². The minimum Gasteiger partial charge on any atom is -0.492 e. The molecule has 0 saturated carbocycles. The number of rotatable bonds is 6. The standard InChI is InChI=1S/C11H17NO3S/c1-2-16(13,14)8-7-15-11-6-4-3-5-10(11)9-12/h3-6H,2,7-9,12H2,1H3. The summed E-state index contributed by atoms with van der Waals surface area (Å²) in [7, 11) is -2.97. The van der Waals surface area contributed by atoms with Gasteiger partial charge in [-0.05, 0) is 6.07 Å². The fourth-order valence-corrected chi connectivity index (χ4v) is 1.86. The maximum absolute atomic E-state index is 11.2. The Bertz CT molecular complexity index is 429. The molecule has 1 rings (SSSR count). The number of hydrogen-bond acceptors (Lipinski definition) is 4. The van der Waals surface area contributed by atoms with Gasteiger partial charge >= 0.3 is 0 Å². The van der Waals surface area contributed by atoms with Gasteiger partial charge in [0.05, 0.1) is 5.75 Å². The third-order valence-corrected chi connectivity index (χ3v) is 3.95. The van der Waals surface area contributed by atoms with Crippen molar-refractivity contribution in [2.45, 2.75) is 13.5 Å². The molecule has 1 aromatic carbocycles. The molecule has 0 radical (unpaired) electrons. The maximum Gasteiger partial charge on any atom is 0.153 e. The number of ether oxygens (including phenoxy) is 1. The van der Waals surface area contributed by atoms with Gasteiger partial charge in [-0.25, -0.2) is 8.42 Å². The first kappa shape index (κ1) is 13.0. The van der Waals surface area contributed by atoms with Crippen LogP contribution in [0.1, 0.15) is 12.5 Å². The first-order chi connectivity index (χ1) is 7.59. The summed E-state index contributed by atoms with van der Waals surface area (Å²) in [6.07, 6.45) is 0. The highest BCUT2D eigenvalue weighted by Gasteiger charge is 2.08. The van der Waals surface area contributed by atoms with E-state index in [1.807, 2.05) is 18.2 Å². The van der Waals surface area contributed by atoms with Crippen molar-refractivity contribution in [3.05, 3.63) is 29.8 Å². The summed E-state index contributed by atoms with van der Waals surface area (Å²) in [6.45, 7) is 2.19. The molecule has 0 heterocycles. The van der Waals surface area contributed by atoms with Crippen molar-refractivity contribution in [1.82, 2.24) is 0 Å². The van der Waals surface area contributed by atoms with E-state index in [2.05, 4.69) is 0 Å². The molecule has 0 amide bonds. The molecule has 0 fully saturated rings. The van der Waals surface area contributed by atoms with Gasteiger partial charge in [-0.2, -0.15) is 0 Å². The van der Waals surface area contributed by atoms with E-state index >= 15 is 0 Å². The molecule has 0 aliphatic rings. The molecule has 4 nitrogen and oxygen atoms in total. The Balaban J connectivity index is 2.55. The van der Waals surface area contributed by atoms with Crippen molar-refractivity contribution in [3.8, 4) is 5.75 Å². The zero-order chi connectivity index (χ0) is 12.0. The number of hydrogen-bond donors (Lipinski definition) is 1. The van der Waals surface area contributed by atoms with Crippen LogP contribution < -0.4 is 10.5 Å². The van der Waals surface area contributed by atoms with Crippen LogP contribution in [0.5, 0.6) is 5.75 Å². The summed E-state index contributed by atoms with van der Waals surface area (Å²) in [6, 6.07) is 7.37. The van der Waals surface area contributed by atoms with Crippen molar-refractivity contribution in [1.29, 1.82) is 0 Å². The number of sulfone groups is 1. The molecule has 5 heteroatoms. The zero-order valence-electron chi connectivity index (χ0n) is 9.35. The summed E-state index contributed by atoms with van der Waals surface area (Å²) >= 11 is 0. The Kier molecular flexibility index (Phi) is 4.76. The van der Waals surface area contributed by atoms with E-state index in [4.69, 9.17) is 10.5 Å². The van der Waals surface area contributed by atoms with Crippen LogP contribution in [0.25, 0.3) is 0 Å². The van der Waals surface area contributed by atoms with Crippen molar-refractivity contribution in [2.24, 2.45) is 5.73 Å². The lowest BCUT2D eigenvalue weighted by molar-refractivity contribution is 0.337. The summed E-state index contributed by atoms with van der Waals surface area (Å²) in [4.78, 5) is 0. The lowest BCUT2D eigenvalue weighted by atomic mass is 10.2. The number of benzene rings is 1. The molecule has 0 aliphatic carbocycles. The van der Waals surface area contributed by atoms with Crippen molar-refractivity contribution in [2.75, 3.05) is 18.1 Å². The Morgan fingerprint density at radius 2 is 2.00 bits per heavy atom. The molecule has 2 N–H and O–H groups in total. The lowest BCUT2D eigenvalue weighted by Gasteiger charge is -2.09. The Hall–Kier alpha value is -1.07. The highest BCUT2D eigenvalue weighted by Crippen LogP contribution is 2.16. The van der Waals surface area contributed by atoms with Gasteiger partial charge in [-0.15, -0.1) is 0 Å². The Morgan fingerprint density at radius 1 is 1.31 bits per heavy atom. The van der Waals surface area contributed by atoms with Crippen LogP contribution in [0.15, 0.2) is 24.3 Å². The number of nitrogens with two attached hydrogens (primary N) is 1. The highest BCUT2D eigenvalue weighted by molar-refractivity contribution is 7.91. The first-order valence-corrected chi connectivity index (χ1v) is 7.02. The van der Waals surface area contributed by atoms with Crippen LogP contribution in [0.4, 0.5) is 0 Å². The SMILES string of the molecule is CCS(=O)(=O)CCOc1ccccc1CN. The predicted molar refractivity (Wildman–Crippen MR) is 64.2 cm³/mol. The first-order valence-electron chi connectivity index (χ1n) is 5.20. The number of para-hydroxylation sites is 1. The van der Waals surface area contributed by atoms with Gasteiger partial charge in [0.15, 0.2) is 9.84 Å². The van der Waals surface area contributed by atoms with Crippen LogP contribution in [0, 0.1) is 0 Å². The highest BCUT2D eigenvalue weighted by atomic mass is 32.2. The normalized spacial score (nSPS) is 11.4. The molecule has 0 bridgehead atoms. The minimum atomic E-state index is -2.97. The van der Waals surface area contributed by atoms with E-state index in [9.17, 15) is 8.42 Å². The van der Waals surface area contributed by atoms with E-state index in [1.165, 1.54) is 0 Å². The van der Waals surface area contributed by atoms with Crippen molar-refractivity contribution < 1.29 is 13.2 Å². The van der Waals surface area contributed by atoms with Gasteiger partial charge in [-0.1, -0.05) is 25.1 Å². The third kappa shape index (κ3) is 3.83. The quantitative estimate of drug-likeness (QED) is 0.808. The fraction of sp³-hybridized carbons (Fsp3) is 0.455. The molecule has 0 atom stereocenters. The largest absolute Gasteiger partial charge is 0.492 e. The molecule has 0 saturated heterocycles. The van der Waals surface area contributed by atoms with Gasteiger partial charge in [0.2, 0.25) is 0 Å². The molecule has 0 unspecified atom stereocenters. The van der Waals surface area contributed by atoms with Gasteiger partial charge in [0.25, 0.3) is 0 Å². The molecule has 0 aliphatic heterocycles.